The second-order valence-corrected chi connectivity index (χ2v) is 18.0. The molecule has 11 aliphatic rings. The van der Waals surface area contributed by atoms with Gasteiger partial charge in [-0.1, -0.05) is 0 Å². The van der Waals surface area contributed by atoms with Crippen molar-refractivity contribution < 1.29 is 42.8 Å². The Morgan fingerprint density at radius 1 is 0.574 bits per heavy atom. The maximum Gasteiger partial charge on any atom is 0.336 e. The molecule has 15 heteroatoms. The van der Waals surface area contributed by atoms with Crippen LogP contribution in [0.15, 0.2) is 14.4 Å². The molecule has 11 fully saturated rings. The predicted molar refractivity (Wildman–Crippen MR) is 185 cm³/mol. The molecule has 6 aliphatic carbocycles. The fourth-order valence-electron chi connectivity index (χ4n) is 12.3. The highest BCUT2D eigenvalue weighted by atomic mass is 16.6. The molecule has 54 heavy (non-hydrogen) atoms. The lowest BCUT2D eigenvalue weighted by molar-refractivity contribution is -0.218. The van der Waals surface area contributed by atoms with Crippen molar-refractivity contribution in [3.63, 3.8) is 0 Å². The molecule has 1 aromatic rings. The van der Waals surface area contributed by atoms with E-state index in [1.54, 1.807) is 0 Å². The second kappa shape index (κ2) is 13.1. The van der Waals surface area contributed by atoms with Gasteiger partial charge in [0.15, 0.2) is 0 Å². The van der Waals surface area contributed by atoms with Gasteiger partial charge in [0, 0.05) is 63.6 Å². The van der Waals surface area contributed by atoms with Crippen LogP contribution >= 0.6 is 0 Å². The highest BCUT2D eigenvalue weighted by Crippen LogP contribution is 2.64. The molecule has 8 bridgehead atoms. The first-order valence-electron chi connectivity index (χ1n) is 20.5. The molecule has 0 N–H and O–H groups in total. The fraction of sp³-hybridized carbons (Fsp3) is 0.846. The van der Waals surface area contributed by atoms with Crippen LogP contribution in [-0.2, 0) is 62.4 Å². The maximum atomic E-state index is 13.6. The molecule has 6 saturated carbocycles. The van der Waals surface area contributed by atoms with Gasteiger partial charge in [-0.15, -0.1) is 0 Å². The van der Waals surface area contributed by atoms with Gasteiger partial charge in [-0.25, -0.2) is 28.1 Å². The van der Waals surface area contributed by atoms with E-state index < -0.39 is 35.0 Å². The van der Waals surface area contributed by atoms with Crippen LogP contribution < -0.4 is 17.1 Å². The molecular formula is C39H51N3O12. The minimum Gasteiger partial charge on any atom is -0.465 e. The number of carbonyl (C=O) groups excluding carboxylic acids is 3. The maximum absolute atomic E-state index is 13.6. The molecule has 5 aliphatic heterocycles. The minimum absolute atomic E-state index is 0.000166. The largest absolute Gasteiger partial charge is 0.465 e. The molecule has 0 amide bonds. The summed E-state index contributed by atoms with van der Waals surface area (Å²) >= 11 is 0. The summed E-state index contributed by atoms with van der Waals surface area (Å²) in [6.45, 7) is 0.666. The van der Waals surface area contributed by atoms with E-state index in [2.05, 4.69) is 0 Å². The van der Waals surface area contributed by atoms with Crippen LogP contribution in [0.2, 0.25) is 0 Å². The molecule has 13 unspecified atom stereocenters. The number of fused-ring (bicyclic) bond motifs is 5. The zero-order valence-corrected chi connectivity index (χ0v) is 30.7. The third-order valence-electron chi connectivity index (χ3n) is 15.1. The Kier molecular flexibility index (Phi) is 8.55. The molecular weight excluding hydrogens is 702 g/mol. The summed E-state index contributed by atoms with van der Waals surface area (Å²) in [5.41, 5.74) is -2.64. The van der Waals surface area contributed by atoms with Crippen LogP contribution in [0.5, 0.6) is 0 Å². The normalized spacial score (nSPS) is 40.3. The number of hydrogen-bond acceptors (Lipinski definition) is 12. The lowest BCUT2D eigenvalue weighted by atomic mass is 9.79. The van der Waals surface area contributed by atoms with Gasteiger partial charge in [0.05, 0.1) is 55.4 Å². The SMILES string of the molecule is O=C(CCCn1c(=O)n(CCCC(=O)OCC2CC3CC24CC3O4)c(=O)n(CCCC(=O)OCC2CC3CC24CC3O4)c1=O)OCC1CC2CC1C1OC21. The van der Waals surface area contributed by atoms with Gasteiger partial charge in [-0.3, -0.25) is 14.4 Å². The van der Waals surface area contributed by atoms with Crippen LogP contribution in [-0.4, -0.2) is 87.0 Å². The summed E-state index contributed by atoms with van der Waals surface area (Å²) in [7, 11) is 0. The fourth-order valence-corrected chi connectivity index (χ4v) is 12.3. The quantitative estimate of drug-likeness (QED) is 0.121. The molecule has 6 heterocycles. The van der Waals surface area contributed by atoms with E-state index in [9.17, 15) is 28.8 Å². The van der Waals surface area contributed by atoms with Crippen molar-refractivity contribution in [3.05, 3.63) is 31.5 Å². The summed E-state index contributed by atoms with van der Waals surface area (Å²) in [6.07, 6.45) is 10.3. The van der Waals surface area contributed by atoms with Gasteiger partial charge in [-0.2, -0.15) is 0 Å². The Morgan fingerprint density at radius 3 is 1.39 bits per heavy atom. The predicted octanol–water partition coefficient (Wildman–Crippen LogP) is 1.70. The molecule has 0 radical (unpaired) electrons. The number of ether oxygens (including phenoxy) is 6. The Labute approximate surface area is 311 Å². The Hall–Kier alpha value is -3.30. The molecule has 12 rings (SSSR count). The van der Waals surface area contributed by atoms with E-state index in [-0.39, 0.29) is 81.2 Å². The Balaban J connectivity index is 0.744. The van der Waals surface area contributed by atoms with Gasteiger partial charge in [0.2, 0.25) is 0 Å². The van der Waals surface area contributed by atoms with Crippen LogP contribution in [0.1, 0.15) is 89.9 Å². The van der Waals surface area contributed by atoms with Crippen LogP contribution in [0, 0.1) is 41.4 Å². The molecule has 5 saturated heterocycles. The highest BCUT2D eigenvalue weighted by molar-refractivity contribution is 5.70. The number of nitrogens with zero attached hydrogens (tertiary/aromatic N) is 3. The van der Waals surface area contributed by atoms with E-state index in [1.807, 2.05) is 0 Å². The smallest absolute Gasteiger partial charge is 0.336 e. The molecule has 294 valence electrons. The summed E-state index contributed by atoms with van der Waals surface area (Å²) in [5, 5.41) is 0. The van der Waals surface area contributed by atoms with E-state index in [0.717, 1.165) is 65.1 Å². The van der Waals surface area contributed by atoms with Gasteiger partial charge in [0.1, 0.15) is 0 Å². The first-order chi connectivity index (χ1) is 26.1. The number of aromatic nitrogens is 3. The number of hydrogen-bond donors (Lipinski definition) is 0. The van der Waals surface area contributed by atoms with Crippen molar-refractivity contribution in [1.29, 1.82) is 0 Å². The third kappa shape index (κ3) is 5.84. The van der Waals surface area contributed by atoms with Crippen LogP contribution in [0.3, 0.4) is 0 Å². The lowest BCUT2D eigenvalue weighted by Crippen LogP contribution is -2.54. The highest BCUT2D eigenvalue weighted by Gasteiger charge is 2.68. The second-order valence-electron chi connectivity index (χ2n) is 18.0. The first-order valence-corrected chi connectivity index (χ1v) is 20.5. The topological polar surface area (TPSA) is 176 Å². The summed E-state index contributed by atoms with van der Waals surface area (Å²) in [6, 6.07) is 0. The van der Waals surface area contributed by atoms with E-state index in [4.69, 9.17) is 28.4 Å². The summed E-state index contributed by atoms with van der Waals surface area (Å²) in [5.74, 6) is 1.67. The van der Waals surface area contributed by atoms with Crippen molar-refractivity contribution in [2.24, 2.45) is 41.4 Å². The lowest BCUT2D eigenvalue weighted by Gasteiger charge is -2.47. The van der Waals surface area contributed by atoms with E-state index in [1.165, 1.54) is 0 Å². The van der Waals surface area contributed by atoms with Crippen LogP contribution in [0.4, 0.5) is 0 Å². The van der Waals surface area contributed by atoms with Gasteiger partial charge >= 0.3 is 35.0 Å². The number of carbonyl (C=O) groups is 3. The number of esters is 3. The molecule has 13 atom stereocenters. The minimum atomic E-state index is -0.800. The first kappa shape index (κ1) is 35.1. The van der Waals surface area contributed by atoms with Crippen molar-refractivity contribution in [1.82, 2.24) is 13.7 Å². The average molecular weight is 754 g/mol. The van der Waals surface area contributed by atoms with Gasteiger partial charge in [0.25, 0.3) is 0 Å². The van der Waals surface area contributed by atoms with Gasteiger partial charge in [-0.05, 0) is 87.4 Å². The van der Waals surface area contributed by atoms with Crippen molar-refractivity contribution in [3.8, 4) is 0 Å². The molecule has 0 aromatic carbocycles. The van der Waals surface area contributed by atoms with Crippen molar-refractivity contribution >= 4 is 17.9 Å². The third-order valence-corrected chi connectivity index (χ3v) is 15.1. The monoisotopic (exact) mass is 753 g/mol. The van der Waals surface area contributed by atoms with Crippen molar-refractivity contribution in [2.75, 3.05) is 19.8 Å². The summed E-state index contributed by atoms with van der Waals surface area (Å²) < 4.78 is 37.4. The number of rotatable bonds is 18. The Morgan fingerprint density at radius 2 is 1.02 bits per heavy atom. The average Bonchev–Trinajstić information content (AvgIpc) is 3.84. The molecule has 2 spiro atoms. The Bertz CT molecular complexity index is 1790. The molecule has 15 nitrogen and oxygen atoms in total. The standard InChI is InChI=1S/C39H51N3O12/c43-30(49-18-24-10-21-13-27(24)34-33(21)52-34)4-1-7-40-35(46)41(8-2-5-31(44)50-19-25-11-22-14-38(25)16-28(22)53-38)37(48)42(36(40)47)9-3-6-32(45)51-20-26-12-23-15-39(26)17-29(23)54-39/h21-29,33-34H,1-20H2. The zero-order valence-electron chi connectivity index (χ0n) is 30.7. The van der Waals surface area contributed by atoms with E-state index in [0.29, 0.717) is 73.8 Å². The van der Waals surface area contributed by atoms with Crippen molar-refractivity contribution in [2.45, 2.75) is 145 Å². The molecule has 1 aromatic heterocycles. The zero-order chi connectivity index (χ0) is 36.9. The van der Waals surface area contributed by atoms with E-state index >= 15 is 0 Å². The number of epoxide rings is 1. The van der Waals surface area contributed by atoms with Gasteiger partial charge < -0.3 is 28.4 Å². The van der Waals surface area contributed by atoms with Crippen LogP contribution in [0.25, 0.3) is 0 Å². The summed E-state index contributed by atoms with van der Waals surface area (Å²) in [4.78, 5) is 78.8.